The molecule has 3 rings (SSSR count). The van der Waals surface area contributed by atoms with Crippen LogP contribution < -0.4 is 0 Å². The molecule has 1 aromatic rings. The van der Waals surface area contributed by atoms with E-state index in [1.807, 2.05) is 0 Å². The van der Waals surface area contributed by atoms with Crippen LogP contribution >= 0.6 is 0 Å². The van der Waals surface area contributed by atoms with Crippen molar-refractivity contribution >= 4 is 29.8 Å². The normalized spacial score (nSPS) is 23.1. The fraction of sp³-hybridized carbons (Fsp3) is 0.567. The predicted molar refractivity (Wildman–Crippen MR) is 143 cm³/mol. The largest absolute Gasteiger partial charge is 0.463 e. The van der Waals surface area contributed by atoms with Gasteiger partial charge in [0.1, 0.15) is 6.10 Å². The molecular weight excluding hydrogens is 552 g/mol. The molecule has 1 aliphatic heterocycles. The van der Waals surface area contributed by atoms with Crippen LogP contribution in [0.5, 0.6) is 0 Å². The zero-order chi connectivity index (χ0) is 30.9. The van der Waals surface area contributed by atoms with E-state index in [9.17, 15) is 24.0 Å². The third kappa shape index (κ3) is 7.86. The van der Waals surface area contributed by atoms with Gasteiger partial charge in [-0.15, -0.1) is 0 Å². The molecule has 12 heteroatoms. The number of rotatable bonds is 12. The second-order valence-electron chi connectivity index (χ2n) is 9.80. The van der Waals surface area contributed by atoms with Gasteiger partial charge >= 0.3 is 29.8 Å². The highest BCUT2D eigenvalue weighted by Crippen LogP contribution is 2.40. The Labute approximate surface area is 244 Å². The number of carbonyl (C=O) groups excluding carboxylic acids is 5. The van der Waals surface area contributed by atoms with Gasteiger partial charge in [-0.05, 0) is 38.2 Å². The Kier molecular flexibility index (Phi) is 11.1. The lowest BCUT2D eigenvalue weighted by molar-refractivity contribution is -0.206. The molecule has 12 nitrogen and oxygen atoms in total. The third-order valence-corrected chi connectivity index (χ3v) is 6.37. The summed E-state index contributed by atoms with van der Waals surface area (Å²) in [5, 5.41) is 0. The highest BCUT2D eigenvalue weighted by atomic mass is 16.8. The van der Waals surface area contributed by atoms with Crippen molar-refractivity contribution in [2.24, 2.45) is 5.92 Å². The molecule has 228 valence electrons. The van der Waals surface area contributed by atoms with Crippen LogP contribution in [0.1, 0.15) is 53.0 Å². The van der Waals surface area contributed by atoms with E-state index < -0.39 is 66.2 Å². The average molecular weight is 589 g/mol. The van der Waals surface area contributed by atoms with Crippen LogP contribution in [0, 0.1) is 17.8 Å². The molecule has 1 saturated heterocycles. The quantitative estimate of drug-likeness (QED) is 0.152. The van der Waals surface area contributed by atoms with Gasteiger partial charge in [0.25, 0.3) is 5.60 Å². The summed E-state index contributed by atoms with van der Waals surface area (Å²) in [5.74, 6) is 1.50. The summed E-state index contributed by atoms with van der Waals surface area (Å²) in [5.41, 5.74) is -3.78. The Bertz CT molecular complexity index is 1190. The van der Waals surface area contributed by atoms with Crippen LogP contribution in [-0.4, -0.2) is 79.4 Å². The highest BCUT2D eigenvalue weighted by Gasteiger charge is 2.64. The van der Waals surface area contributed by atoms with Crippen molar-refractivity contribution in [2.45, 2.75) is 83.6 Å². The van der Waals surface area contributed by atoms with Crippen molar-refractivity contribution in [1.82, 2.24) is 0 Å². The second kappa shape index (κ2) is 14.3. The van der Waals surface area contributed by atoms with Gasteiger partial charge in [-0.25, -0.2) is 9.59 Å². The summed E-state index contributed by atoms with van der Waals surface area (Å²) < 4.78 is 39.0. The van der Waals surface area contributed by atoms with Crippen molar-refractivity contribution in [2.75, 3.05) is 19.8 Å². The number of benzene rings is 1. The molecule has 1 aromatic carbocycles. The Hall–Kier alpha value is -3.95. The molecule has 2 fully saturated rings. The van der Waals surface area contributed by atoms with Crippen molar-refractivity contribution in [3.8, 4) is 11.8 Å². The Morgan fingerprint density at radius 1 is 0.905 bits per heavy atom. The van der Waals surface area contributed by atoms with Gasteiger partial charge < -0.3 is 33.2 Å². The number of hydrogen-bond acceptors (Lipinski definition) is 12. The lowest BCUT2D eigenvalue weighted by atomic mass is 9.91. The molecule has 0 amide bonds. The zero-order valence-electron chi connectivity index (χ0n) is 24.3. The highest BCUT2D eigenvalue weighted by molar-refractivity contribution is 6.04. The first kappa shape index (κ1) is 32.6. The van der Waals surface area contributed by atoms with Crippen molar-refractivity contribution in [3.05, 3.63) is 35.9 Å². The Morgan fingerprint density at radius 2 is 1.50 bits per heavy atom. The SMILES string of the molecule is CCOC(=O)C(Cc1ccccc1)(OC[C@H]1OC(OC(C)=O)[C@H](OC(C)=O)[C@]1(C#CC1CC1)OC(C)=O)C(=O)OCC. The minimum atomic E-state index is -2.31. The van der Waals surface area contributed by atoms with E-state index >= 15 is 0 Å². The number of esters is 5. The number of carbonyl (C=O) groups is 5. The summed E-state index contributed by atoms with van der Waals surface area (Å²) in [7, 11) is 0. The Morgan fingerprint density at radius 3 is 2.00 bits per heavy atom. The topological polar surface area (TPSA) is 150 Å². The Balaban J connectivity index is 2.12. The fourth-order valence-corrected chi connectivity index (χ4v) is 4.43. The van der Waals surface area contributed by atoms with Crippen molar-refractivity contribution in [3.63, 3.8) is 0 Å². The van der Waals surface area contributed by atoms with Crippen LogP contribution in [0.3, 0.4) is 0 Å². The van der Waals surface area contributed by atoms with E-state index in [0.717, 1.165) is 33.6 Å². The lowest BCUT2D eigenvalue weighted by Crippen LogP contribution is -2.57. The first-order valence-corrected chi connectivity index (χ1v) is 13.7. The molecule has 1 saturated carbocycles. The van der Waals surface area contributed by atoms with Gasteiger partial charge in [-0.3, -0.25) is 14.4 Å². The van der Waals surface area contributed by atoms with E-state index in [1.54, 1.807) is 44.2 Å². The maximum absolute atomic E-state index is 13.4. The average Bonchev–Trinajstić information content (AvgIpc) is 3.72. The first-order chi connectivity index (χ1) is 20.0. The lowest BCUT2D eigenvalue weighted by Gasteiger charge is -2.34. The summed E-state index contributed by atoms with van der Waals surface area (Å²) in [6, 6.07) is 8.61. The monoisotopic (exact) mass is 588 g/mol. The molecule has 1 aliphatic carbocycles. The van der Waals surface area contributed by atoms with Gasteiger partial charge in [0, 0.05) is 33.1 Å². The molecule has 0 N–H and O–H groups in total. The van der Waals surface area contributed by atoms with Crippen molar-refractivity contribution in [1.29, 1.82) is 0 Å². The number of ether oxygens (including phenoxy) is 7. The van der Waals surface area contributed by atoms with E-state index in [0.29, 0.717) is 5.56 Å². The molecule has 0 aromatic heterocycles. The van der Waals surface area contributed by atoms with E-state index in [1.165, 1.54) is 0 Å². The third-order valence-electron chi connectivity index (χ3n) is 6.37. The van der Waals surface area contributed by atoms with E-state index in [-0.39, 0.29) is 25.6 Å². The van der Waals surface area contributed by atoms with Gasteiger partial charge in [0.2, 0.25) is 18.0 Å². The summed E-state index contributed by atoms with van der Waals surface area (Å²) in [4.78, 5) is 63.4. The molecule has 4 atom stereocenters. The molecular formula is C30H36O12. The predicted octanol–water partition coefficient (Wildman–Crippen LogP) is 2.05. The summed E-state index contributed by atoms with van der Waals surface area (Å²) in [6.45, 7) is 5.76. The number of hydrogen-bond donors (Lipinski definition) is 0. The molecule has 0 radical (unpaired) electrons. The first-order valence-electron chi connectivity index (χ1n) is 13.7. The van der Waals surface area contributed by atoms with Gasteiger partial charge in [-0.2, -0.15) is 0 Å². The van der Waals surface area contributed by atoms with Crippen LogP contribution in [-0.2, 0) is 63.6 Å². The minimum Gasteiger partial charge on any atom is -0.463 e. The summed E-state index contributed by atoms with van der Waals surface area (Å²) >= 11 is 0. The van der Waals surface area contributed by atoms with Crippen LogP contribution in [0.15, 0.2) is 30.3 Å². The summed E-state index contributed by atoms with van der Waals surface area (Å²) in [6.07, 6.45) is -3.13. The van der Waals surface area contributed by atoms with E-state index in [4.69, 9.17) is 33.2 Å². The molecule has 42 heavy (non-hydrogen) atoms. The molecule has 0 bridgehead atoms. The van der Waals surface area contributed by atoms with Crippen LogP contribution in [0.4, 0.5) is 0 Å². The maximum atomic E-state index is 13.4. The maximum Gasteiger partial charge on any atom is 0.350 e. The van der Waals surface area contributed by atoms with Gasteiger partial charge in [-0.1, -0.05) is 36.3 Å². The van der Waals surface area contributed by atoms with Crippen LogP contribution in [0.2, 0.25) is 0 Å². The van der Waals surface area contributed by atoms with E-state index in [2.05, 4.69) is 11.8 Å². The molecule has 2 aliphatic rings. The smallest absolute Gasteiger partial charge is 0.350 e. The standard InChI is InChI=1S/C30H36O12/c1-6-36-27(34)30(28(35)37-7-2,17-23-11-9-8-10-12-23)38-18-24-29(42-21(5)33,16-15-22-13-14-22)25(39-19(3)31)26(41-24)40-20(4)32/h8-12,22,24-26H,6-7,13-14,17-18H2,1-5H3/t24-,25+,26?,29-/m1/s1. The van der Waals surface area contributed by atoms with Crippen molar-refractivity contribution < 1.29 is 57.1 Å². The second-order valence-corrected chi connectivity index (χ2v) is 9.80. The fourth-order valence-electron chi connectivity index (χ4n) is 4.43. The van der Waals surface area contributed by atoms with Gasteiger partial charge in [0.15, 0.2) is 0 Å². The molecule has 0 spiro atoms. The van der Waals surface area contributed by atoms with Crippen LogP contribution in [0.25, 0.3) is 0 Å². The molecule has 1 heterocycles. The minimum absolute atomic E-state index is 0.000917. The van der Waals surface area contributed by atoms with Gasteiger partial charge in [0.05, 0.1) is 19.8 Å². The molecule has 1 unspecified atom stereocenters. The zero-order valence-corrected chi connectivity index (χ0v) is 24.3.